The van der Waals surface area contributed by atoms with E-state index in [9.17, 15) is 4.79 Å². The lowest BCUT2D eigenvalue weighted by atomic mass is 9.64. The van der Waals surface area contributed by atoms with Crippen molar-refractivity contribution >= 4 is 6.09 Å². The summed E-state index contributed by atoms with van der Waals surface area (Å²) in [6.07, 6.45) is 10.6. The van der Waals surface area contributed by atoms with Crippen LogP contribution in [-0.4, -0.2) is 19.2 Å². The fourth-order valence-corrected chi connectivity index (χ4v) is 3.68. The standard InChI is InChI=1S/C18H35NO2/c1-5-6-7-8-9-13-21-16(20)19-15-18(4)12-10-11-17(2,3)14-18/h5-15H2,1-4H3,(H,19,20). The molecule has 1 aliphatic rings. The van der Waals surface area contributed by atoms with Gasteiger partial charge in [-0.05, 0) is 36.5 Å². The maximum atomic E-state index is 11.7. The molecule has 1 rings (SSSR count). The molecule has 0 heterocycles. The Morgan fingerprint density at radius 2 is 1.81 bits per heavy atom. The maximum Gasteiger partial charge on any atom is 0.407 e. The second kappa shape index (κ2) is 8.65. The number of unbranched alkanes of at least 4 members (excludes halogenated alkanes) is 4. The minimum Gasteiger partial charge on any atom is -0.450 e. The summed E-state index contributed by atoms with van der Waals surface area (Å²) in [6.45, 7) is 10.5. The van der Waals surface area contributed by atoms with Crippen LogP contribution in [0.25, 0.3) is 0 Å². The third-order valence-electron chi connectivity index (χ3n) is 4.68. The van der Waals surface area contributed by atoms with Gasteiger partial charge in [0.2, 0.25) is 0 Å². The van der Waals surface area contributed by atoms with E-state index >= 15 is 0 Å². The molecule has 0 aromatic carbocycles. The second-order valence-electron chi connectivity index (χ2n) is 7.91. The van der Waals surface area contributed by atoms with Gasteiger partial charge in [-0.15, -0.1) is 0 Å². The molecule has 1 unspecified atom stereocenters. The molecule has 3 nitrogen and oxygen atoms in total. The van der Waals surface area contributed by atoms with Crippen molar-refractivity contribution in [2.45, 2.75) is 85.5 Å². The third kappa shape index (κ3) is 7.73. The fourth-order valence-electron chi connectivity index (χ4n) is 3.68. The Morgan fingerprint density at radius 1 is 1.10 bits per heavy atom. The molecule has 1 saturated carbocycles. The zero-order valence-corrected chi connectivity index (χ0v) is 14.6. The minimum absolute atomic E-state index is 0.224. The van der Waals surface area contributed by atoms with Crippen LogP contribution in [0.3, 0.4) is 0 Å². The van der Waals surface area contributed by atoms with Gasteiger partial charge >= 0.3 is 6.09 Å². The van der Waals surface area contributed by atoms with E-state index in [1.807, 2.05) is 0 Å². The van der Waals surface area contributed by atoms with Crippen LogP contribution in [-0.2, 0) is 4.74 Å². The zero-order chi connectivity index (χ0) is 15.8. The number of ether oxygens (including phenoxy) is 1. The molecule has 21 heavy (non-hydrogen) atoms. The summed E-state index contributed by atoms with van der Waals surface area (Å²) in [4.78, 5) is 11.7. The molecule has 0 saturated heterocycles. The Hall–Kier alpha value is -0.730. The van der Waals surface area contributed by atoms with Gasteiger partial charge in [-0.25, -0.2) is 4.79 Å². The van der Waals surface area contributed by atoms with Crippen LogP contribution in [0.5, 0.6) is 0 Å². The molecule has 1 N–H and O–H groups in total. The predicted octanol–water partition coefficient (Wildman–Crippen LogP) is 5.29. The summed E-state index contributed by atoms with van der Waals surface area (Å²) >= 11 is 0. The molecule has 1 aliphatic carbocycles. The van der Waals surface area contributed by atoms with Gasteiger partial charge in [-0.3, -0.25) is 0 Å². The average Bonchev–Trinajstić information content (AvgIpc) is 2.39. The summed E-state index contributed by atoms with van der Waals surface area (Å²) in [5, 5.41) is 2.97. The zero-order valence-electron chi connectivity index (χ0n) is 14.6. The molecule has 1 atom stereocenters. The highest BCUT2D eigenvalue weighted by atomic mass is 16.5. The van der Waals surface area contributed by atoms with Crippen LogP contribution in [0.4, 0.5) is 4.79 Å². The predicted molar refractivity (Wildman–Crippen MR) is 88.5 cm³/mol. The van der Waals surface area contributed by atoms with Crippen LogP contribution >= 0.6 is 0 Å². The van der Waals surface area contributed by atoms with E-state index in [4.69, 9.17) is 4.74 Å². The number of carbonyl (C=O) groups is 1. The minimum atomic E-state index is -0.241. The van der Waals surface area contributed by atoms with Gasteiger partial charge in [0.05, 0.1) is 6.61 Å². The van der Waals surface area contributed by atoms with Crippen molar-refractivity contribution in [2.24, 2.45) is 10.8 Å². The van der Waals surface area contributed by atoms with E-state index in [1.54, 1.807) is 0 Å². The normalized spacial score (nSPS) is 24.6. The first-order valence-electron chi connectivity index (χ1n) is 8.78. The SMILES string of the molecule is CCCCCCCOC(=O)NCC1(C)CCCC(C)(C)C1. The molecule has 0 aliphatic heterocycles. The van der Waals surface area contributed by atoms with Gasteiger partial charge in [0, 0.05) is 6.54 Å². The molecule has 1 amide bonds. The molecule has 3 heteroatoms. The monoisotopic (exact) mass is 297 g/mol. The molecule has 0 spiro atoms. The van der Waals surface area contributed by atoms with Gasteiger partial charge in [0.25, 0.3) is 0 Å². The topological polar surface area (TPSA) is 38.3 Å². The number of carbonyl (C=O) groups excluding carboxylic acids is 1. The number of hydrogen-bond acceptors (Lipinski definition) is 2. The van der Waals surface area contributed by atoms with E-state index in [0.717, 1.165) is 19.4 Å². The van der Waals surface area contributed by atoms with Crippen LogP contribution < -0.4 is 5.32 Å². The number of rotatable bonds is 8. The highest BCUT2D eigenvalue weighted by Crippen LogP contribution is 2.45. The molecule has 0 aromatic heterocycles. The second-order valence-corrected chi connectivity index (χ2v) is 7.91. The lowest BCUT2D eigenvalue weighted by Gasteiger charge is -2.42. The van der Waals surface area contributed by atoms with Crippen molar-refractivity contribution < 1.29 is 9.53 Å². The Morgan fingerprint density at radius 3 is 2.48 bits per heavy atom. The van der Waals surface area contributed by atoms with Gasteiger partial charge < -0.3 is 10.1 Å². The van der Waals surface area contributed by atoms with Gasteiger partial charge in [-0.1, -0.05) is 59.8 Å². The first kappa shape index (κ1) is 18.3. The first-order chi connectivity index (χ1) is 9.87. The molecular formula is C18H35NO2. The molecular weight excluding hydrogens is 262 g/mol. The average molecular weight is 297 g/mol. The Labute approximate surface area is 131 Å². The van der Waals surface area contributed by atoms with Crippen LogP contribution in [0, 0.1) is 10.8 Å². The van der Waals surface area contributed by atoms with Crippen molar-refractivity contribution in [1.82, 2.24) is 5.32 Å². The third-order valence-corrected chi connectivity index (χ3v) is 4.68. The van der Waals surface area contributed by atoms with Crippen LogP contribution in [0.1, 0.15) is 85.5 Å². The highest BCUT2D eigenvalue weighted by Gasteiger charge is 2.36. The number of hydrogen-bond donors (Lipinski definition) is 1. The van der Waals surface area contributed by atoms with E-state index in [2.05, 4.69) is 33.0 Å². The van der Waals surface area contributed by atoms with Crippen molar-refractivity contribution in [3.63, 3.8) is 0 Å². The molecule has 0 aromatic rings. The van der Waals surface area contributed by atoms with E-state index in [-0.39, 0.29) is 11.5 Å². The molecule has 0 bridgehead atoms. The van der Waals surface area contributed by atoms with E-state index < -0.39 is 0 Å². The lowest BCUT2D eigenvalue weighted by Crippen LogP contribution is -2.41. The Kier molecular flexibility index (Phi) is 7.55. The summed E-state index contributed by atoms with van der Waals surface area (Å²) in [5.74, 6) is 0. The maximum absolute atomic E-state index is 11.7. The Balaban J connectivity index is 2.14. The van der Waals surface area contributed by atoms with Gasteiger partial charge in [0.15, 0.2) is 0 Å². The largest absolute Gasteiger partial charge is 0.450 e. The van der Waals surface area contributed by atoms with Crippen molar-refractivity contribution in [3.8, 4) is 0 Å². The van der Waals surface area contributed by atoms with E-state index in [0.29, 0.717) is 12.0 Å². The summed E-state index contributed by atoms with van der Waals surface area (Å²) in [6, 6.07) is 0. The summed E-state index contributed by atoms with van der Waals surface area (Å²) in [7, 11) is 0. The summed E-state index contributed by atoms with van der Waals surface area (Å²) in [5.41, 5.74) is 0.625. The number of alkyl carbamates (subject to hydrolysis) is 1. The van der Waals surface area contributed by atoms with Gasteiger partial charge in [-0.2, -0.15) is 0 Å². The van der Waals surface area contributed by atoms with Crippen molar-refractivity contribution in [1.29, 1.82) is 0 Å². The van der Waals surface area contributed by atoms with Gasteiger partial charge in [0.1, 0.15) is 0 Å². The fraction of sp³-hybridized carbons (Fsp3) is 0.944. The first-order valence-corrected chi connectivity index (χ1v) is 8.78. The Bertz CT molecular complexity index is 314. The van der Waals surface area contributed by atoms with Crippen molar-refractivity contribution in [2.75, 3.05) is 13.2 Å². The number of nitrogens with one attached hydrogen (secondary N) is 1. The molecule has 0 radical (unpaired) electrons. The molecule has 1 fully saturated rings. The van der Waals surface area contributed by atoms with E-state index in [1.165, 1.54) is 44.9 Å². The van der Waals surface area contributed by atoms with Crippen LogP contribution in [0.15, 0.2) is 0 Å². The smallest absolute Gasteiger partial charge is 0.407 e. The lowest BCUT2D eigenvalue weighted by molar-refractivity contribution is 0.0903. The highest BCUT2D eigenvalue weighted by molar-refractivity contribution is 5.67. The quantitative estimate of drug-likeness (QED) is 0.618. The van der Waals surface area contributed by atoms with Crippen molar-refractivity contribution in [3.05, 3.63) is 0 Å². The summed E-state index contributed by atoms with van der Waals surface area (Å²) < 4.78 is 5.26. The van der Waals surface area contributed by atoms with Crippen LogP contribution in [0.2, 0.25) is 0 Å². The number of amides is 1. The molecule has 124 valence electrons.